The molecular formula is C19H38N4O. The van der Waals surface area contributed by atoms with E-state index < -0.39 is 0 Å². The molecule has 2 fully saturated rings. The van der Waals surface area contributed by atoms with Gasteiger partial charge in [0.05, 0.1) is 0 Å². The Balaban J connectivity index is 1.71. The second kappa shape index (κ2) is 9.04. The van der Waals surface area contributed by atoms with E-state index in [0.29, 0.717) is 23.9 Å². The number of likely N-dealkylation sites (tertiary alicyclic amines) is 1. The van der Waals surface area contributed by atoms with Crippen LogP contribution in [0.15, 0.2) is 0 Å². The third kappa shape index (κ3) is 5.35. The summed E-state index contributed by atoms with van der Waals surface area (Å²) in [6.07, 6.45) is 6.13. The number of amides is 2. The Labute approximate surface area is 148 Å². The number of piperidine rings is 1. The van der Waals surface area contributed by atoms with Crippen molar-refractivity contribution in [2.75, 3.05) is 47.3 Å². The van der Waals surface area contributed by atoms with Crippen molar-refractivity contribution in [1.82, 2.24) is 20.0 Å². The maximum Gasteiger partial charge on any atom is 0.317 e. The average Bonchev–Trinajstić information content (AvgIpc) is 2.57. The van der Waals surface area contributed by atoms with E-state index in [0.717, 1.165) is 19.5 Å². The zero-order valence-electron chi connectivity index (χ0n) is 16.4. The molecule has 0 aromatic carbocycles. The smallest absolute Gasteiger partial charge is 0.317 e. The van der Waals surface area contributed by atoms with Gasteiger partial charge in [0.15, 0.2) is 0 Å². The number of hydrogen-bond acceptors (Lipinski definition) is 3. The number of carbonyl (C=O) groups excluding carboxylic acids is 1. The number of carbonyl (C=O) groups is 1. The summed E-state index contributed by atoms with van der Waals surface area (Å²) in [4.78, 5) is 19.2. The molecule has 5 heteroatoms. The lowest BCUT2D eigenvalue weighted by Crippen LogP contribution is -2.50. The van der Waals surface area contributed by atoms with Crippen LogP contribution < -0.4 is 5.32 Å². The zero-order valence-corrected chi connectivity index (χ0v) is 16.4. The fourth-order valence-corrected chi connectivity index (χ4v) is 4.08. The van der Waals surface area contributed by atoms with Gasteiger partial charge in [-0.2, -0.15) is 0 Å². The third-order valence-electron chi connectivity index (χ3n) is 6.46. The molecular weight excluding hydrogens is 300 g/mol. The van der Waals surface area contributed by atoms with Crippen molar-refractivity contribution in [3.8, 4) is 0 Å². The number of urea groups is 1. The fourth-order valence-electron chi connectivity index (χ4n) is 4.08. The Hall–Kier alpha value is -0.810. The van der Waals surface area contributed by atoms with Crippen molar-refractivity contribution in [3.63, 3.8) is 0 Å². The van der Waals surface area contributed by atoms with Crippen LogP contribution in [-0.4, -0.2) is 80.1 Å². The Kier molecular flexibility index (Phi) is 7.35. The van der Waals surface area contributed by atoms with Crippen LogP contribution in [-0.2, 0) is 0 Å². The van der Waals surface area contributed by atoms with E-state index in [1.807, 2.05) is 11.9 Å². The lowest BCUT2D eigenvalue weighted by Gasteiger charge is -2.37. The van der Waals surface area contributed by atoms with E-state index in [4.69, 9.17) is 0 Å². The molecule has 0 aromatic heterocycles. The zero-order chi connectivity index (χ0) is 17.7. The number of hydrogen-bond donors (Lipinski definition) is 1. The highest BCUT2D eigenvalue weighted by atomic mass is 16.2. The molecule has 140 valence electrons. The highest BCUT2D eigenvalue weighted by molar-refractivity contribution is 5.74. The molecule has 24 heavy (non-hydrogen) atoms. The van der Waals surface area contributed by atoms with Gasteiger partial charge in [-0.3, -0.25) is 0 Å². The molecule has 2 amide bonds. The lowest BCUT2D eigenvalue weighted by molar-refractivity contribution is 0.132. The van der Waals surface area contributed by atoms with Gasteiger partial charge in [-0.25, -0.2) is 4.79 Å². The largest absolute Gasteiger partial charge is 0.335 e. The van der Waals surface area contributed by atoms with Crippen molar-refractivity contribution in [1.29, 1.82) is 0 Å². The first-order valence-electron chi connectivity index (χ1n) is 9.79. The quantitative estimate of drug-likeness (QED) is 0.837. The van der Waals surface area contributed by atoms with Crippen LogP contribution >= 0.6 is 0 Å². The Morgan fingerprint density at radius 2 is 1.75 bits per heavy atom. The van der Waals surface area contributed by atoms with Crippen molar-refractivity contribution >= 4 is 6.03 Å². The van der Waals surface area contributed by atoms with Gasteiger partial charge < -0.3 is 20.0 Å². The predicted molar refractivity (Wildman–Crippen MR) is 100 cm³/mol. The van der Waals surface area contributed by atoms with Crippen LogP contribution in [0.5, 0.6) is 0 Å². The molecule has 2 rings (SSSR count). The van der Waals surface area contributed by atoms with Gasteiger partial charge in [-0.1, -0.05) is 26.7 Å². The summed E-state index contributed by atoms with van der Waals surface area (Å²) in [7, 11) is 6.32. The molecule has 1 N–H and O–H groups in total. The minimum Gasteiger partial charge on any atom is -0.335 e. The number of nitrogens with zero attached hydrogens (tertiary/aromatic N) is 3. The summed E-state index contributed by atoms with van der Waals surface area (Å²) in [6, 6.07) is 1.10. The second-order valence-electron chi connectivity index (χ2n) is 8.26. The predicted octanol–water partition coefficient (Wildman–Crippen LogP) is 2.48. The standard InChI is InChI=1S/C19H38N4O/c1-15-7-6-8-18(16(15)2)20-19(24)23(5)14-13-22(4)17-9-11-21(3)12-10-17/h15-18H,6-14H2,1-5H3,(H,20,24)/t15-,16+,18-/m1/s1. The summed E-state index contributed by atoms with van der Waals surface area (Å²) in [5.74, 6) is 1.29. The molecule has 0 unspecified atom stereocenters. The van der Waals surface area contributed by atoms with E-state index in [1.165, 1.54) is 38.8 Å². The highest BCUT2D eigenvalue weighted by Crippen LogP contribution is 2.29. The first-order chi connectivity index (χ1) is 11.4. The van der Waals surface area contributed by atoms with E-state index in [1.54, 1.807) is 0 Å². The molecule has 0 aromatic rings. The van der Waals surface area contributed by atoms with Crippen LogP contribution in [0.2, 0.25) is 0 Å². The van der Waals surface area contributed by atoms with Gasteiger partial charge in [0.2, 0.25) is 0 Å². The maximum atomic E-state index is 12.5. The molecule has 0 spiro atoms. The molecule has 1 heterocycles. The SMILES string of the molecule is C[C@H]1[C@H](C)CCC[C@H]1NC(=O)N(C)CCN(C)C1CCN(C)CC1. The normalized spacial score (nSPS) is 29.7. The van der Waals surface area contributed by atoms with Crippen LogP contribution in [0, 0.1) is 11.8 Å². The summed E-state index contributed by atoms with van der Waals surface area (Å²) in [5, 5.41) is 3.27. The topological polar surface area (TPSA) is 38.8 Å². The maximum absolute atomic E-state index is 12.5. The van der Waals surface area contributed by atoms with Gasteiger partial charge in [0.1, 0.15) is 0 Å². The summed E-state index contributed by atoms with van der Waals surface area (Å²) in [5.41, 5.74) is 0. The molecule has 1 aliphatic carbocycles. The first kappa shape index (κ1) is 19.5. The van der Waals surface area contributed by atoms with Gasteiger partial charge in [0, 0.05) is 32.2 Å². The van der Waals surface area contributed by atoms with Crippen LogP contribution in [0.4, 0.5) is 4.79 Å². The third-order valence-corrected chi connectivity index (χ3v) is 6.46. The summed E-state index contributed by atoms with van der Waals surface area (Å²) < 4.78 is 0. The molecule has 0 bridgehead atoms. The molecule has 1 aliphatic heterocycles. The Morgan fingerprint density at radius 1 is 1.08 bits per heavy atom. The van der Waals surface area contributed by atoms with Crippen LogP contribution in [0.25, 0.3) is 0 Å². The molecule has 3 atom stereocenters. The molecule has 5 nitrogen and oxygen atoms in total. The molecule has 0 radical (unpaired) electrons. The number of likely N-dealkylation sites (N-methyl/N-ethyl adjacent to an activating group) is 2. The molecule has 1 saturated heterocycles. The van der Waals surface area contributed by atoms with Crippen molar-refractivity contribution in [2.24, 2.45) is 11.8 Å². The van der Waals surface area contributed by atoms with Crippen molar-refractivity contribution in [2.45, 2.75) is 58.0 Å². The summed E-state index contributed by atoms with van der Waals surface area (Å²) in [6.45, 7) is 8.71. The van der Waals surface area contributed by atoms with Crippen molar-refractivity contribution < 1.29 is 4.79 Å². The first-order valence-corrected chi connectivity index (χ1v) is 9.79. The summed E-state index contributed by atoms with van der Waals surface area (Å²) >= 11 is 0. The van der Waals surface area contributed by atoms with Crippen LogP contribution in [0.1, 0.15) is 46.0 Å². The van der Waals surface area contributed by atoms with Gasteiger partial charge in [-0.05, 0) is 58.3 Å². The second-order valence-corrected chi connectivity index (χ2v) is 8.26. The number of rotatable bonds is 5. The van der Waals surface area contributed by atoms with Gasteiger partial charge in [-0.15, -0.1) is 0 Å². The molecule has 1 saturated carbocycles. The van der Waals surface area contributed by atoms with E-state index in [-0.39, 0.29) is 6.03 Å². The van der Waals surface area contributed by atoms with Gasteiger partial charge >= 0.3 is 6.03 Å². The van der Waals surface area contributed by atoms with E-state index >= 15 is 0 Å². The average molecular weight is 339 g/mol. The van der Waals surface area contributed by atoms with E-state index in [2.05, 4.69) is 43.1 Å². The Morgan fingerprint density at radius 3 is 2.42 bits per heavy atom. The minimum absolute atomic E-state index is 0.0951. The highest BCUT2D eigenvalue weighted by Gasteiger charge is 2.29. The fraction of sp³-hybridized carbons (Fsp3) is 0.947. The van der Waals surface area contributed by atoms with E-state index in [9.17, 15) is 4.79 Å². The van der Waals surface area contributed by atoms with Crippen molar-refractivity contribution in [3.05, 3.63) is 0 Å². The number of nitrogens with one attached hydrogen (secondary N) is 1. The van der Waals surface area contributed by atoms with Gasteiger partial charge in [0.25, 0.3) is 0 Å². The Bertz CT molecular complexity index is 395. The minimum atomic E-state index is 0.0951. The monoisotopic (exact) mass is 338 g/mol. The van der Waals surface area contributed by atoms with Crippen LogP contribution in [0.3, 0.4) is 0 Å². The molecule has 2 aliphatic rings. The lowest BCUT2D eigenvalue weighted by atomic mass is 9.78.